The zero-order chi connectivity index (χ0) is 28.6. The lowest BCUT2D eigenvalue weighted by molar-refractivity contribution is -0.140. The summed E-state index contributed by atoms with van der Waals surface area (Å²) >= 11 is 0. The highest BCUT2D eigenvalue weighted by molar-refractivity contribution is 5.94. The monoisotopic (exact) mass is 541 g/mol. The molecule has 1 N–H and O–H groups in total. The summed E-state index contributed by atoms with van der Waals surface area (Å²) in [5, 5.41) is 2.70. The van der Waals surface area contributed by atoms with Gasteiger partial charge in [-0.1, -0.05) is 31.2 Å². The van der Waals surface area contributed by atoms with Gasteiger partial charge in [0.15, 0.2) is 0 Å². The van der Waals surface area contributed by atoms with Crippen LogP contribution in [0, 0.1) is 19.8 Å². The molecule has 1 atom stereocenters. The molecule has 3 aromatic carbocycles. The normalized spacial score (nSPS) is 12.1. The third-order valence-corrected chi connectivity index (χ3v) is 6.53. The van der Waals surface area contributed by atoms with Gasteiger partial charge in [-0.15, -0.1) is 0 Å². The van der Waals surface area contributed by atoms with E-state index < -0.39 is 11.7 Å². The second kappa shape index (κ2) is 13.3. The van der Waals surface area contributed by atoms with Crippen LogP contribution in [0.5, 0.6) is 5.75 Å². The molecule has 0 aliphatic carbocycles. The molecule has 0 radical (unpaired) electrons. The van der Waals surface area contributed by atoms with Gasteiger partial charge in [0.25, 0.3) is 5.91 Å². The number of carbonyl (C=O) groups excluding carboxylic acids is 2. The van der Waals surface area contributed by atoms with Crippen molar-refractivity contribution in [1.29, 1.82) is 0 Å². The first kappa shape index (κ1) is 29.7. The summed E-state index contributed by atoms with van der Waals surface area (Å²) in [5.41, 5.74) is 4.50. The molecule has 0 bridgehead atoms. The molecule has 0 aliphatic rings. The maximum Gasteiger partial charge on any atom is 0.416 e. The van der Waals surface area contributed by atoms with Gasteiger partial charge in [0.05, 0.1) is 25.7 Å². The Morgan fingerprint density at radius 2 is 1.56 bits per heavy atom. The van der Waals surface area contributed by atoms with E-state index >= 15 is 0 Å². The molecule has 1 unspecified atom stereocenters. The van der Waals surface area contributed by atoms with Crippen LogP contribution in [0.4, 0.5) is 13.2 Å². The minimum Gasteiger partial charge on any atom is -0.493 e. The first-order valence-electron chi connectivity index (χ1n) is 12.8. The van der Waals surface area contributed by atoms with Crippen molar-refractivity contribution >= 4 is 11.9 Å². The smallest absolute Gasteiger partial charge is 0.416 e. The quantitative estimate of drug-likeness (QED) is 0.268. The van der Waals surface area contributed by atoms with E-state index in [9.17, 15) is 22.8 Å². The van der Waals surface area contributed by atoms with Crippen LogP contribution in [0.2, 0.25) is 0 Å². The number of rotatable bonds is 11. The van der Waals surface area contributed by atoms with Crippen molar-refractivity contribution in [3.05, 3.63) is 88.5 Å². The second-order valence-electron chi connectivity index (χ2n) is 9.74. The highest BCUT2D eigenvalue weighted by atomic mass is 19.4. The fourth-order valence-corrected chi connectivity index (χ4v) is 4.33. The number of nitrogens with one attached hydrogen (secondary N) is 1. The van der Waals surface area contributed by atoms with Gasteiger partial charge in [0.1, 0.15) is 5.75 Å². The van der Waals surface area contributed by atoms with Crippen molar-refractivity contribution in [2.24, 2.45) is 5.92 Å². The molecule has 3 aromatic rings. The molecule has 8 heteroatoms. The number of hydrogen-bond acceptors (Lipinski definition) is 4. The van der Waals surface area contributed by atoms with Crippen molar-refractivity contribution in [3.63, 3.8) is 0 Å². The Kier molecular flexibility index (Phi) is 10.2. The first-order valence-corrected chi connectivity index (χ1v) is 12.8. The number of halogens is 3. The van der Waals surface area contributed by atoms with Crippen molar-refractivity contribution in [3.8, 4) is 16.9 Å². The van der Waals surface area contributed by atoms with Crippen LogP contribution in [-0.4, -0.2) is 32.1 Å². The van der Waals surface area contributed by atoms with E-state index in [1.807, 2.05) is 38.1 Å². The minimum absolute atomic E-state index is 0.128. The standard InChI is InChI=1S/C31H34F3NO4/c1-20(5-6-23-7-9-25(10-8-23)30(37)35-16-15-28(36)38-4)19-39-27-17-21(2)29(22(3)18-27)24-11-13-26(14-12-24)31(32,33)34/h7-14,17-18,20H,5-6,15-16,19H2,1-4H3,(H,35,37). The Morgan fingerprint density at radius 1 is 0.949 bits per heavy atom. The molecule has 5 nitrogen and oxygen atoms in total. The SMILES string of the molecule is COC(=O)CCNC(=O)c1ccc(CCC(C)COc2cc(C)c(-c3ccc(C(F)(F)F)cc3)c(C)c2)cc1. The molecule has 1 amide bonds. The van der Waals surface area contributed by atoms with Crippen molar-refractivity contribution in [2.45, 2.75) is 46.2 Å². The molecule has 208 valence electrons. The fraction of sp³-hybridized carbons (Fsp3) is 0.355. The molecular formula is C31H34F3NO4. The number of hydrogen-bond donors (Lipinski definition) is 1. The van der Waals surface area contributed by atoms with Gasteiger partial charge in [-0.05, 0) is 96.8 Å². The van der Waals surface area contributed by atoms with Crippen LogP contribution >= 0.6 is 0 Å². The summed E-state index contributed by atoms with van der Waals surface area (Å²) in [7, 11) is 1.31. The van der Waals surface area contributed by atoms with E-state index in [1.54, 1.807) is 12.1 Å². The second-order valence-corrected chi connectivity index (χ2v) is 9.74. The lowest BCUT2D eigenvalue weighted by atomic mass is 9.94. The van der Waals surface area contributed by atoms with Crippen molar-refractivity contribution in [1.82, 2.24) is 5.32 Å². The number of aryl methyl sites for hydroxylation is 3. The van der Waals surface area contributed by atoms with Crippen LogP contribution in [0.3, 0.4) is 0 Å². The van der Waals surface area contributed by atoms with E-state index in [0.29, 0.717) is 12.2 Å². The van der Waals surface area contributed by atoms with E-state index in [4.69, 9.17) is 4.74 Å². The highest BCUT2D eigenvalue weighted by Crippen LogP contribution is 2.34. The number of amides is 1. The average Bonchev–Trinajstić information content (AvgIpc) is 2.90. The summed E-state index contributed by atoms with van der Waals surface area (Å²) in [5.74, 6) is 0.405. The highest BCUT2D eigenvalue weighted by Gasteiger charge is 2.30. The van der Waals surface area contributed by atoms with Gasteiger partial charge in [-0.2, -0.15) is 13.2 Å². The van der Waals surface area contributed by atoms with Gasteiger partial charge >= 0.3 is 12.1 Å². The summed E-state index contributed by atoms with van der Waals surface area (Å²) in [6.45, 7) is 6.72. The van der Waals surface area contributed by atoms with Gasteiger partial charge < -0.3 is 14.8 Å². The third-order valence-electron chi connectivity index (χ3n) is 6.53. The number of methoxy groups -OCH3 is 1. The van der Waals surface area contributed by atoms with Gasteiger partial charge in [-0.3, -0.25) is 9.59 Å². The number of alkyl halides is 3. The predicted octanol–water partition coefficient (Wildman–Crippen LogP) is 6.93. The van der Waals surface area contributed by atoms with Crippen LogP contribution in [0.1, 0.15) is 52.4 Å². The molecular weight excluding hydrogens is 507 g/mol. The Balaban J connectivity index is 1.50. The van der Waals surface area contributed by atoms with Gasteiger partial charge in [0, 0.05) is 12.1 Å². The first-order chi connectivity index (χ1) is 18.5. The molecule has 0 fully saturated rings. The number of ether oxygens (including phenoxy) is 2. The van der Waals surface area contributed by atoms with Gasteiger partial charge in [-0.25, -0.2) is 0 Å². The molecule has 0 saturated heterocycles. The molecule has 3 rings (SSSR count). The minimum atomic E-state index is -4.36. The van der Waals surface area contributed by atoms with E-state index in [-0.39, 0.29) is 30.8 Å². The van der Waals surface area contributed by atoms with Crippen LogP contribution in [-0.2, 0) is 22.1 Å². The Bertz CT molecular complexity index is 1250. The molecule has 0 saturated carbocycles. The molecule has 0 aromatic heterocycles. The van der Waals surface area contributed by atoms with Gasteiger partial charge in [0.2, 0.25) is 0 Å². The molecule has 39 heavy (non-hydrogen) atoms. The van der Waals surface area contributed by atoms with Crippen LogP contribution in [0.15, 0.2) is 60.7 Å². The Labute approximate surface area is 227 Å². The molecule has 0 heterocycles. The summed E-state index contributed by atoms with van der Waals surface area (Å²) in [6, 6.07) is 16.5. The lowest BCUT2D eigenvalue weighted by Gasteiger charge is -2.17. The number of benzene rings is 3. The summed E-state index contributed by atoms with van der Waals surface area (Å²) < 4.78 is 49.3. The Hall–Kier alpha value is -3.81. The number of esters is 1. The molecule has 0 spiro atoms. The zero-order valence-electron chi connectivity index (χ0n) is 22.7. The van der Waals surface area contributed by atoms with E-state index in [0.717, 1.165) is 58.5 Å². The van der Waals surface area contributed by atoms with Crippen LogP contribution in [0.25, 0.3) is 11.1 Å². The lowest BCUT2D eigenvalue weighted by Crippen LogP contribution is -2.26. The predicted molar refractivity (Wildman–Crippen MR) is 145 cm³/mol. The zero-order valence-corrected chi connectivity index (χ0v) is 22.7. The van der Waals surface area contributed by atoms with Crippen molar-refractivity contribution in [2.75, 3.05) is 20.3 Å². The average molecular weight is 542 g/mol. The van der Waals surface area contributed by atoms with Crippen molar-refractivity contribution < 1.29 is 32.2 Å². The summed E-state index contributed by atoms with van der Waals surface area (Å²) in [4.78, 5) is 23.3. The maximum atomic E-state index is 12.9. The fourth-order valence-electron chi connectivity index (χ4n) is 4.33. The molecule has 0 aliphatic heterocycles. The van der Waals surface area contributed by atoms with E-state index in [2.05, 4.69) is 17.0 Å². The summed E-state index contributed by atoms with van der Waals surface area (Å²) in [6.07, 6.45) is -2.50. The van der Waals surface area contributed by atoms with E-state index in [1.165, 1.54) is 19.2 Å². The third kappa shape index (κ3) is 8.60. The number of carbonyl (C=O) groups is 2. The maximum absolute atomic E-state index is 12.9. The topological polar surface area (TPSA) is 64.6 Å². The largest absolute Gasteiger partial charge is 0.493 e. The Morgan fingerprint density at radius 3 is 2.13 bits per heavy atom. The van der Waals surface area contributed by atoms with Crippen LogP contribution < -0.4 is 10.1 Å².